The average Bonchev–Trinajstić information content (AvgIpc) is 2.98. The van der Waals surface area contributed by atoms with Crippen molar-refractivity contribution in [3.8, 4) is 6.07 Å². The zero-order valence-corrected chi connectivity index (χ0v) is 12.1. The second kappa shape index (κ2) is 5.28. The second-order valence-electron chi connectivity index (χ2n) is 4.64. The van der Waals surface area contributed by atoms with Crippen molar-refractivity contribution in [3.63, 3.8) is 0 Å². The monoisotopic (exact) mass is 302 g/mol. The molecule has 0 bridgehead atoms. The molecule has 20 heavy (non-hydrogen) atoms. The van der Waals surface area contributed by atoms with E-state index < -0.39 is 0 Å². The number of carbonyl (C=O) groups excluding carboxylic acids is 1. The van der Waals surface area contributed by atoms with Crippen LogP contribution in [0.4, 0.5) is 5.00 Å². The molecule has 0 fully saturated rings. The molecule has 1 aliphatic carbocycles. The third-order valence-electron chi connectivity index (χ3n) is 3.35. The topological polar surface area (TPSA) is 52.9 Å². The number of aryl methyl sites for hydroxylation is 1. The number of hydrogen-bond acceptors (Lipinski definition) is 3. The van der Waals surface area contributed by atoms with Crippen LogP contribution in [0.5, 0.6) is 0 Å². The Bertz CT molecular complexity index is 730. The Morgan fingerprint density at radius 2 is 2.25 bits per heavy atom. The highest BCUT2D eigenvalue weighted by molar-refractivity contribution is 7.16. The molecule has 100 valence electrons. The molecular weight excluding hydrogens is 292 g/mol. The number of nitriles is 1. The van der Waals surface area contributed by atoms with E-state index in [4.69, 9.17) is 11.6 Å². The predicted molar refractivity (Wildman–Crippen MR) is 80.5 cm³/mol. The van der Waals surface area contributed by atoms with Gasteiger partial charge in [0.1, 0.15) is 11.1 Å². The first-order valence-corrected chi connectivity index (χ1v) is 7.50. The van der Waals surface area contributed by atoms with E-state index in [-0.39, 0.29) is 5.91 Å². The molecule has 5 heteroatoms. The van der Waals surface area contributed by atoms with Gasteiger partial charge in [0.25, 0.3) is 5.91 Å². The first-order chi connectivity index (χ1) is 9.69. The van der Waals surface area contributed by atoms with Gasteiger partial charge < -0.3 is 5.32 Å². The van der Waals surface area contributed by atoms with Gasteiger partial charge in [-0.25, -0.2) is 0 Å². The van der Waals surface area contributed by atoms with Gasteiger partial charge in [0.15, 0.2) is 0 Å². The van der Waals surface area contributed by atoms with Crippen LogP contribution >= 0.6 is 22.9 Å². The highest BCUT2D eigenvalue weighted by Gasteiger charge is 2.23. The highest BCUT2D eigenvalue weighted by Crippen LogP contribution is 2.38. The van der Waals surface area contributed by atoms with Crippen molar-refractivity contribution >= 4 is 33.8 Å². The maximum Gasteiger partial charge on any atom is 0.256 e. The first-order valence-electron chi connectivity index (χ1n) is 6.30. The van der Waals surface area contributed by atoms with Gasteiger partial charge in [-0.2, -0.15) is 5.26 Å². The van der Waals surface area contributed by atoms with Crippen molar-refractivity contribution < 1.29 is 4.79 Å². The molecule has 0 saturated carbocycles. The van der Waals surface area contributed by atoms with Crippen molar-refractivity contribution in [2.24, 2.45) is 0 Å². The van der Waals surface area contributed by atoms with Crippen LogP contribution in [-0.2, 0) is 12.8 Å². The van der Waals surface area contributed by atoms with Crippen LogP contribution in [0.3, 0.4) is 0 Å². The molecule has 1 N–H and O–H groups in total. The van der Waals surface area contributed by atoms with Crippen molar-refractivity contribution in [2.75, 3.05) is 5.32 Å². The lowest BCUT2D eigenvalue weighted by atomic mass is 10.1. The Balaban J connectivity index is 1.89. The number of thiophene rings is 1. The van der Waals surface area contributed by atoms with Gasteiger partial charge in [0.05, 0.1) is 5.56 Å². The molecule has 1 heterocycles. The summed E-state index contributed by atoms with van der Waals surface area (Å²) in [7, 11) is 0. The summed E-state index contributed by atoms with van der Waals surface area (Å²) in [6.45, 7) is 0. The molecule has 3 rings (SSSR count). The summed E-state index contributed by atoms with van der Waals surface area (Å²) in [5.74, 6) is -0.232. The summed E-state index contributed by atoms with van der Waals surface area (Å²) >= 11 is 7.39. The number of carbonyl (C=O) groups is 1. The fraction of sp³-hybridized carbons (Fsp3) is 0.200. The highest BCUT2D eigenvalue weighted by atomic mass is 35.5. The Hall–Kier alpha value is -1.83. The number of halogens is 1. The van der Waals surface area contributed by atoms with Gasteiger partial charge in [0, 0.05) is 15.5 Å². The third kappa shape index (κ3) is 2.31. The van der Waals surface area contributed by atoms with E-state index in [1.807, 2.05) is 0 Å². The molecular formula is C15H11ClN2OS. The van der Waals surface area contributed by atoms with E-state index in [0.717, 1.165) is 24.8 Å². The molecule has 1 aromatic heterocycles. The molecule has 3 nitrogen and oxygen atoms in total. The van der Waals surface area contributed by atoms with Crippen LogP contribution in [0.15, 0.2) is 24.3 Å². The lowest BCUT2D eigenvalue weighted by Crippen LogP contribution is -2.11. The van der Waals surface area contributed by atoms with Gasteiger partial charge in [-0.15, -0.1) is 11.3 Å². The molecule has 1 amide bonds. The van der Waals surface area contributed by atoms with Gasteiger partial charge in [-0.05, 0) is 43.0 Å². The molecule has 2 aromatic rings. The Morgan fingerprint density at radius 1 is 1.40 bits per heavy atom. The predicted octanol–water partition coefficient (Wildman–Crippen LogP) is 4.01. The zero-order chi connectivity index (χ0) is 14.1. The number of benzene rings is 1. The molecule has 0 aliphatic heterocycles. The fourth-order valence-electron chi connectivity index (χ4n) is 2.42. The number of fused-ring (bicyclic) bond motifs is 1. The van der Waals surface area contributed by atoms with Crippen LogP contribution in [0.2, 0.25) is 5.02 Å². The lowest BCUT2D eigenvalue weighted by molar-refractivity contribution is 0.102. The average molecular weight is 303 g/mol. The van der Waals surface area contributed by atoms with Gasteiger partial charge >= 0.3 is 0 Å². The van der Waals surface area contributed by atoms with Crippen LogP contribution in [0.1, 0.15) is 32.8 Å². The first kappa shape index (κ1) is 13.2. The van der Waals surface area contributed by atoms with Crippen molar-refractivity contribution in [1.29, 1.82) is 5.26 Å². The van der Waals surface area contributed by atoms with E-state index in [0.29, 0.717) is 21.2 Å². The van der Waals surface area contributed by atoms with Crippen LogP contribution in [0, 0.1) is 11.3 Å². The van der Waals surface area contributed by atoms with E-state index in [1.54, 1.807) is 24.3 Å². The summed E-state index contributed by atoms with van der Waals surface area (Å²) in [4.78, 5) is 13.4. The number of rotatable bonds is 2. The van der Waals surface area contributed by atoms with Crippen molar-refractivity contribution in [3.05, 3.63) is 50.9 Å². The van der Waals surface area contributed by atoms with Gasteiger partial charge in [-0.3, -0.25) is 4.79 Å². The van der Waals surface area contributed by atoms with Gasteiger partial charge in [0.2, 0.25) is 0 Å². The van der Waals surface area contributed by atoms with Crippen molar-refractivity contribution in [1.82, 2.24) is 0 Å². The molecule has 0 atom stereocenters. The molecule has 1 aromatic carbocycles. The van der Waals surface area contributed by atoms with Crippen LogP contribution < -0.4 is 5.32 Å². The summed E-state index contributed by atoms with van der Waals surface area (Å²) in [6.07, 6.45) is 3.03. The maximum absolute atomic E-state index is 12.2. The third-order valence-corrected chi connectivity index (χ3v) is 4.79. The second-order valence-corrected chi connectivity index (χ2v) is 6.18. The smallest absolute Gasteiger partial charge is 0.256 e. The van der Waals surface area contributed by atoms with E-state index in [9.17, 15) is 10.1 Å². The zero-order valence-electron chi connectivity index (χ0n) is 10.6. The SMILES string of the molecule is N#Cc1c(NC(=O)c2cccc(Cl)c2)sc2c1CCC2. The summed E-state index contributed by atoms with van der Waals surface area (Å²) in [6, 6.07) is 8.99. The number of nitrogens with zero attached hydrogens (tertiary/aromatic N) is 1. The standard InChI is InChI=1S/C15H11ClN2OS/c16-10-4-1-3-9(7-10)14(19)18-15-12(8-17)11-5-2-6-13(11)20-15/h1,3-4,7H,2,5-6H2,(H,18,19). The quantitative estimate of drug-likeness (QED) is 0.911. The summed E-state index contributed by atoms with van der Waals surface area (Å²) in [5, 5.41) is 13.3. The minimum absolute atomic E-state index is 0.232. The summed E-state index contributed by atoms with van der Waals surface area (Å²) in [5.41, 5.74) is 2.23. The number of hydrogen-bond donors (Lipinski definition) is 1. The van der Waals surface area contributed by atoms with E-state index in [1.165, 1.54) is 16.2 Å². The molecule has 0 spiro atoms. The van der Waals surface area contributed by atoms with Gasteiger partial charge in [-0.1, -0.05) is 17.7 Å². The number of nitrogens with one attached hydrogen (secondary N) is 1. The molecule has 0 radical (unpaired) electrons. The number of amides is 1. The Labute approximate surface area is 125 Å². The molecule has 1 aliphatic rings. The minimum Gasteiger partial charge on any atom is -0.312 e. The molecule has 0 unspecified atom stereocenters. The molecule has 0 saturated heterocycles. The normalized spacial score (nSPS) is 12.8. The van der Waals surface area contributed by atoms with Crippen LogP contribution in [0.25, 0.3) is 0 Å². The Kier molecular flexibility index (Phi) is 3.47. The van der Waals surface area contributed by atoms with Crippen molar-refractivity contribution in [2.45, 2.75) is 19.3 Å². The lowest BCUT2D eigenvalue weighted by Gasteiger charge is -2.04. The minimum atomic E-state index is -0.232. The largest absolute Gasteiger partial charge is 0.312 e. The Morgan fingerprint density at radius 3 is 3.00 bits per heavy atom. The van der Waals surface area contributed by atoms with Crippen LogP contribution in [-0.4, -0.2) is 5.91 Å². The fourth-order valence-corrected chi connectivity index (χ4v) is 3.84. The number of anilines is 1. The summed E-state index contributed by atoms with van der Waals surface area (Å²) < 4.78 is 0. The maximum atomic E-state index is 12.2. The van der Waals surface area contributed by atoms with E-state index >= 15 is 0 Å². The van der Waals surface area contributed by atoms with E-state index in [2.05, 4.69) is 11.4 Å².